The van der Waals surface area contributed by atoms with E-state index in [0.29, 0.717) is 6.54 Å². The van der Waals surface area contributed by atoms with Crippen molar-refractivity contribution in [2.75, 3.05) is 18.8 Å². The number of terminal acetylenes is 1. The van der Waals surface area contributed by atoms with Crippen LogP contribution in [0.3, 0.4) is 0 Å². The van der Waals surface area contributed by atoms with Crippen molar-refractivity contribution in [2.45, 2.75) is 13.5 Å². The Labute approximate surface area is 99.6 Å². The molecular weight excluding hydrogens is 252 g/mol. The molecule has 0 radical (unpaired) electrons. The maximum Gasteiger partial charge on any atom is 0.0601 e. The summed E-state index contributed by atoms with van der Waals surface area (Å²) in [6, 6.07) is 5.82. The van der Waals surface area contributed by atoms with Gasteiger partial charge in [-0.1, -0.05) is 28.8 Å². The zero-order valence-corrected chi connectivity index (χ0v) is 10.4. The molecular formula is C12H15BrN2. The van der Waals surface area contributed by atoms with Crippen molar-refractivity contribution in [1.29, 1.82) is 0 Å². The van der Waals surface area contributed by atoms with Crippen molar-refractivity contribution < 1.29 is 0 Å². The van der Waals surface area contributed by atoms with Crippen LogP contribution in [0.4, 0.5) is 5.69 Å². The molecule has 1 aromatic carbocycles. The van der Waals surface area contributed by atoms with Crippen LogP contribution in [-0.2, 0) is 6.54 Å². The van der Waals surface area contributed by atoms with Crippen molar-refractivity contribution >= 4 is 21.6 Å². The number of benzene rings is 1. The van der Waals surface area contributed by atoms with Gasteiger partial charge in [0, 0.05) is 16.7 Å². The smallest absolute Gasteiger partial charge is 0.0601 e. The third-order valence-electron chi connectivity index (χ3n) is 2.23. The summed E-state index contributed by atoms with van der Waals surface area (Å²) in [5, 5.41) is 0. The van der Waals surface area contributed by atoms with Gasteiger partial charge in [-0.3, -0.25) is 4.90 Å². The van der Waals surface area contributed by atoms with Gasteiger partial charge in [-0.25, -0.2) is 0 Å². The lowest BCUT2D eigenvalue weighted by molar-refractivity contribution is 0.315. The van der Waals surface area contributed by atoms with Crippen molar-refractivity contribution in [3.63, 3.8) is 0 Å². The molecule has 2 N–H and O–H groups in total. The van der Waals surface area contributed by atoms with E-state index in [2.05, 4.69) is 33.7 Å². The molecule has 0 aliphatic rings. The molecule has 0 heterocycles. The molecule has 2 nitrogen and oxygen atoms in total. The highest BCUT2D eigenvalue weighted by Gasteiger charge is 2.05. The first-order valence-electron chi connectivity index (χ1n) is 4.87. The summed E-state index contributed by atoms with van der Waals surface area (Å²) in [4.78, 5) is 2.18. The van der Waals surface area contributed by atoms with Gasteiger partial charge in [0.1, 0.15) is 0 Å². The number of hydrogen-bond acceptors (Lipinski definition) is 2. The van der Waals surface area contributed by atoms with Crippen molar-refractivity contribution in [1.82, 2.24) is 4.90 Å². The highest BCUT2D eigenvalue weighted by Crippen LogP contribution is 2.20. The van der Waals surface area contributed by atoms with Gasteiger partial charge >= 0.3 is 0 Å². The molecule has 0 aliphatic carbocycles. The standard InChI is InChI=1S/C12H15BrN2/c1-3-7-15(4-2)9-10-8-11(14)5-6-12(10)13/h1,5-6,8H,4,7,9,14H2,2H3. The maximum absolute atomic E-state index is 5.74. The van der Waals surface area contributed by atoms with Gasteiger partial charge in [0.25, 0.3) is 0 Å². The molecule has 0 atom stereocenters. The summed E-state index contributed by atoms with van der Waals surface area (Å²) < 4.78 is 1.08. The minimum Gasteiger partial charge on any atom is -0.399 e. The minimum atomic E-state index is 0.664. The average molecular weight is 267 g/mol. The second kappa shape index (κ2) is 5.79. The summed E-state index contributed by atoms with van der Waals surface area (Å²) in [5.74, 6) is 2.65. The zero-order valence-electron chi connectivity index (χ0n) is 8.83. The van der Waals surface area contributed by atoms with Crippen LogP contribution in [0.5, 0.6) is 0 Å². The highest BCUT2D eigenvalue weighted by atomic mass is 79.9. The lowest BCUT2D eigenvalue weighted by atomic mass is 10.2. The molecule has 1 aromatic rings. The second-order valence-corrected chi connectivity index (χ2v) is 4.21. The minimum absolute atomic E-state index is 0.664. The third kappa shape index (κ3) is 3.58. The molecule has 3 heteroatoms. The Morgan fingerprint density at radius 1 is 1.53 bits per heavy atom. The number of nitrogens with two attached hydrogens (primary N) is 1. The molecule has 15 heavy (non-hydrogen) atoms. The van der Waals surface area contributed by atoms with Crippen LogP contribution in [0.2, 0.25) is 0 Å². The summed E-state index contributed by atoms with van der Waals surface area (Å²) in [7, 11) is 0. The predicted molar refractivity (Wildman–Crippen MR) is 68.3 cm³/mol. The van der Waals surface area contributed by atoms with E-state index in [-0.39, 0.29) is 0 Å². The average Bonchev–Trinajstić information content (AvgIpc) is 2.22. The Morgan fingerprint density at radius 2 is 2.27 bits per heavy atom. The number of anilines is 1. The summed E-state index contributed by atoms with van der Waals surface area (Å²) in [6.07, 6.45) is 5.30. The molecule has 0 saturated carbocycles. The molecule has 0 amide bonds. The van der Waals surface area contributed by atoms with Gasteiger partial charge in [-0.15, -0.1) is 6.42 Å². The van der Waals surface area contributed by atoms with E-state index >= 15 is 0 Å². The highest BCUT2D eigenvalue weighted by molar-refractivity contribution is 9.10. The molecule has 0 fully saturated rings. The number of hydrogen-bond donors (Lipinski definition) is 1. The Morgan fingerprint density at radius 3 is 2.87 bits per heavy atom. The molecule has 0 aromatic heterocycles. The molecule has 0 unspecified atom stereocenters. The van der Waals surface area contributed by atoms with Crippen LogP contribution in [0, 0.1) is 12.3 Å². The van der Waals surface area contributed by atoms with Gasteiger partial charge in [0.2, 0.25) is 0 Å². The molecule has 80 valence electrons. The van der Waals surface area contributed by atoms with Crippen LogP contribution in [-0.4, -0.2) is 18.0 Å². The topological polar surface area (TPSA) is 29.3 Å². The van der Waals surface area contributed by atoms with E-state index < -0.39 is 0 Å². The van der Waals surface area contributed by atoms with Crippen molar-refractivity contribution in [3.8, 4) is 12.3 Å². The quantitative estimate of drug-likeness (QED) is 0.670. The third-order valence-corrected chi connectivity index (χ3v) is 3.00. The van der Waals surface area contributed by atoms with Crippen LogP contribution >= 0.6 is 15.9 Å². The van der Waals surface area contributed by atoms with Crippen molar-refractivity contribution in [3.05, 3.63) is 28.2 Å². The number of nitrogen functional groups attached to an aromatic ring is 1. The molecule has 0 bridgehead atoms. The molecule has 1 rings (SSSR count). The van der Waals surface area contributed by atoms with Gasteiger partial charge in [-0.05, 0) is 30.3 Å². The van der Waals surface area contributed by atoms with E-state index in [1.807, 2.05) is 18.2 Å². The largest absolute Gasteiger partial charge is 0.399 e. The predicted octanol–water partition coefficient (Wildman–Crippen LogP) is 2.49. The number of rotatable bonds is 4. The monoisotopic (exact) mass is 266 g/mol. The van der Waals surface area contributed by atoms with E-state index in [1.54, 1.807) is 0 Å². The SMILES string of the molecule is C#CCN(CC)Cc1cc(N)ccc1Br. The number of nitrogens with zero attached hydrogens (tertiary/aromatic N) is 1. The first kappa shape index (κ1) is 12.1. The lowest BCUT2D eigenvalue weighted by Gasteiger charge is -2.18. The first-order valence-corrected chi connectivity index (χ1v) is 5.66. The Kier molecular flexibility index (Phi) is 4.67. The summed E-state index contributed by atoms with van der Waals surface area (Å²) >= 11 is 3.51. The van der Waals surface area contributed by atoms with Gasteiger partial charge < -0.3 is 5.73 Å². The Balaban J connectivity index is 2.78. The maximum atomic E-state index is 5.74. The number of halogens is 1. The van der Waals surface area contributed by atoms with Gasteiger partial charge in [0.05, 0.1) is 6.54 Å². The lowest BCUT2D eigenvalue weighted by Crippen LogP contribution is -2.23. The molecule has 0 saturated heterocycles. The Hall–Kier alpha value is -0.980. The van der Waals surface area contributed by atoms with Gasteiger partial charge in [-0.2, -0.15) is 0 Å². The van der Waals surface area contributed by atoms with Crippen molar-refractivity contribution in [2.24, 2.45) is 0 Å². The first-order chi connectivity index (χ1) is 7.17. The summed E-state index contributed by atoms with van der Waals surface area (Å²) in [6.45, 7) is 4.52. The van der Waals surface area contributed by atoms with Gasteiger partial charge in [0.15, 0.2) is 0 Å². The van der Waals surface area contributed by atoms with Crippen LogP contribution in [0.1, 0.15) is 12.5 Å². The van der Waals surface area contributed by atoms with E-state index in [9.17, 15) is 0 Å². The van der Waals surface area contributed by atoms with Crippen LogP contribution in [0.15, 0.2) is 22.7 Å². The molecule has 0 spiro atoms. The fraction of sp³-hybridized carbons (Fsp3) is 0.333. The zero-order chi connectivity index (χ0) is 11.3. The van der Waals surface area contributed by atoms with Crippen LogP contribution in [0.25, 0.3) is 0 Å². The fourth-order valence-corrected chi connectivity index (χ4v) is 1.74. The second-order valence-electron chi connectivity index (χ2n) is 3.36. The van der Waals surface area contributed by atoms with E-state index in [0.717, 1.165) is 23.2 Å². The molecule has 0 aliphatic heterocycles. The normalized spacial score (nSPS) is 10.3. The Bertz CT molecular complexity index is 368. The fourth-order valence-electron chi connectivity index (χ4n) is 1.37. The van der Waals surface area contributed by atoms with E-state index in [4.69, 9.17) is 12.2 Å². The van der Waals surface area contributed by atoms with E-state index in [1.165, 1.54) is 5.56 Å². The van der Waals surface area contributed by atoms with Crippen LogP contribution < -0.4 is 5.73 Å². The summed E-state index contributed by atoms with van der Waals surface area (Å²) in [5.41, 5.74) is 7.69.